The molecule has 0 aliphatic carbocycles. The fraction of sp³-hybridized carbons (Fsp3) is 0.611. The van der Waals surface area contributed by atoms with Crippen molar-refractivity contribution < 1.29 is 4.79 Å². The number of benzene rings is 1. The van der Waals surface area contributed by atoms with E-state index in [1.165, 1.54) is 38.9 Å². The molecule has 1 unspecified atom stereocenters. The highest BCUT2D eigenvalue weighted by Gasteiger charge is 2.42. The van der Waals surface area contributed by atoms with E-state index in [1.807, 2.05) is 30.3 Å². The summed E-state index contributed by atoms with van der Waals surface area (Å²) < 4.78 is 0. The molecule has 0 radical (unpaired) electrons. The molecule has 118 valence electrons. The van der Waals surface area contributed by atoms with Gasteiger partial charge in [-0.05, 0) is 51.0 Å². The summed E-state index contributed by atoms with van der Waals surface area (Å²) in [6, 6.07) is 10.7. The van der Waals surface area contributed by atoms with Gasteiger partial charge in [0.15, 0.2) is 0 Å². The number of likely N-dealkylation sites (tertiary alicyclic amines) is 1. The number of fused-ring (bicyclic) bond motifs is 2. The maximum Gasteiger partial charge on any atom is 0.254 e. The van der Waals surface area contributed by atoms with Crippen molar-refractivity contribution in [1.29, 1.82) is 0 Å². The molecule has 22 heavy (non-hydrogen) atoms. The summed E-state index contributed by atoms with van der Waals surface area (Å²) in [6.45, 7) is 6.60. The third kappa shape index (κ3) is 2.55. The smallest absolute Gasteiger partial charge is 0.254 e. The second kappa shape index (κ2) is 6.01. The van der Waals surface area contributed by atoms with Crippen LogP contribution in [0.5, 0.6) is 0 Å². The van der Waals surface area contributed by atoms with Gasteiger partial charge in [-0.1, -0.05) is 18.2 Å². The van der Waals surface area contributed by atoms with E-state index in [9.17, 15) is 4.79 Å². The Balaban J connectivity index is 1.57. The van der Waals surface area contributed by atoms with Crippen molar-refractivity contribution in [3.8, 4) is 0 Å². The molecule has 3 aliphatic rings. The Morgan fingerprint density at radius 1 is 0.909 bits per heavy atom. The van der Waals surface area contributed by atoms with Crippen LogP contribution in [0.3, 0.4) is 0 Å². The standard InChI is InChI=1S/C18H25N3O/c22-18(15-6-2-1-3-7-15)21-13-12-19-11-8-16(17(21)14-19)20-9-4-5-10-20/h1-3,6-7,16-17H,4-5,8-14H2/t16-,17+/m1/s1. The summed E-state index contributed by atoms with van der Waals surface area (Å²) in [4.78, 5) is 20.3. The third-order valence-corrected chi connectivity index (χ3v) is 5.58. The first-order valence-corrected chi connectivity index (χ1v) is 8.65. The summed E-state index contributed by atoms with van der Waals surface area (Å²) >= 11 is 0. The maximum absolute atomic E-state index is 12.9. The number of carbonyl (C=O) groups excluding carboxylic acids is 1. The zero-order valence-corrected chi connectivity index (χ0v) is 13.2. The van der Waals surface area contributed by atoms with E-state index in [4.69, 9.17) is 0 Å². The maximum atomic E-state index is 12.9. The van der Waals surface area contributed by atoms with Gasteiger partial charge in [-0.3, -0.25) is 14.6 Å². The molecule has 0 N–H and O–H groups in total. The van der Waals surface area contributed by atoms with Gasteiger partial charge < -0.3 is 4.90 Å². The number of piperazine rings is 1. The third-order valence-electron chi connectivity index (χ3n) is 5.58. The lowest BCUT2D eigenvalue weighted by atomic mass is 9.93. The van der Waals surface area contributed by atoms with E-state index in [-0.39, 0.29) is 5.91 Å². The zero-order valence-electron chi connectivity index (χ0n) is 13.2. The fourth-order valence-corrected chi connectivity index (χ4v) is 4.41. The summed E-state index contributed by atoms with van der Waals surface area (Å²) in [5.74, 6) is 0.219. The summed E-state index contributed by atoms with van der Waals surface area (Å²) in [5.41, 5.74) is 0.835. The second-order valence-electron chi connectivity index (χ2n) is 6.83. The molecule has 0 saturated carbocycles. The topological polar surface area (TPSA) is 26.8 Å². The first-order chi connectivity index (χ1) is 10.8. The van der Waals surface area contributed by atoms with Crippen LogP contribution in [0.4, 0.5) is 0 Å². The minimum Gasteiger partial charge on any atom is -0.332 e. The molecule has 3 atom stereocenters. The zero-order chi connectivity index (χ0) is 14.9. The Morgan fingerprint density at radius 3 is 2.45 bits per heavy atom. The minimum absolute atomic E-state index is 0.219. The van der Waals surface area contributed by atoms with Crippen LogP contribution in [0, 0.1) is 0 Å². The first kappa shape index (κ1) is 14.2. The van der Waals surface area contributed by atoms with Gasteiger partial charge in [-0.15, -0.1) is 0 Å². The molecular formula is C18H25N3O. The van der Waals surface area contributed by atoms with E-state index in [0.29, 0.717) is 12.1 Å². The van der Waals surface area contributed by atoms with E-state index in [0.717, 1.165) is 25.2 Å². The molecule has 1 aromatic rings. The summed E-state index contributed by atoms with van der Waals surface area (Å²) in [5, 5.41) is 0. The van der Waals surface area contributed by atoms with E-state index < -0.39 is 0 Å². The van der Waals surface area contributed by atoms with Crippen LogP contribution in [-0.4, -0.2) is 72.0 Å². The highest BCUT2D eigenvalue weighted by molar-refractivity contribution is 5.94. The number of hydrogen-bond donors (Lipinski definition) is 0. The van der Waals surface area contributed by atoms with Gasteiger partial charge in [0.25, 0.3) is 5.91 Å². The Morgan fingerprint density at radius 2 is 1.68 bits per heavy atom. The number of hydrogen-bond acceptors (Lipinski definition) is 3. The molecule has 1 amide bonds. The molecule has 2 bridgehead atoms. The van der Waals surface area contributed by atoms with Crippen molar-refractivity contribution in [2.24, 2.45) is 0 Å². The molecule has 3 fully saturated rings. The second-order valence-corrected chi connectivity index (χ2v) is 6.83. The lowest BCUT2D eigenvalue weighted by Gasteiger charge is -2.51. The van der Waals surface area contributed by atoms with Gasteiger partial charge in [0, 0.05) is 31.2 Å². The van der Waals surface area contributed by atoms with Gasteiger partial charge in [0.1, 0.15) is 0 Å². The number of nitrogens with zero attached hydrogens (tertiary/aromatic N) is 3. The van der Waals surface area contributed by atoms with Crippen LogP contribution < -0.4 is 0 Å². The molecule has 0 aromatic heterocycles. The van der Waals surface area contributed by atoms with Crippen LogP contribution in [0.2, 0.25) is 0 Å². The predicted molar refractivity (Wildman–Crippen MR) is 86.9 cm³/mol. The summed E-state index contributed by atoms with van der Waals surface area (Å²) in [6.07, 6.45) is 3.85. The minimum atomic E-state index is 0.219. The first-order valence-electron chi connectivity index (χ1n) is 8.65. The van der Waals surface area contributed by atoms with E-state index in [1.54, 1.807) is 0 Å². The Kier molecular flexibility index (Phi) is 3.89. The molecule has 3 heterocycles. The van der Waals surface area contributed by atoms with Gasteiger partial charge in [-0.25, -0.2) is 0 Å². The van der Waals surface area contributed by atoms with Crippen molar-refractivity contribution in [3.63, 3.8) is 0 Å². The van der Waals surface area contributed by atoms with E-state index >= 15 is 0 Å². The van der Waals surface area contributed by atoms with Gasteiger partial charge in [0.2, 0.25) is 0 Å². The molecule has 4 rings (SSSR count). The quantitative estimate of drug-likeness (QED) is 0.831. The Hall–Kier alpha value is -1.39. The summed E-state index contributed by atoms with van der Waals surface area (Å²) in [7, 11) is 0. The highest BCUT2D eigenvalue weighted by Crippen LogP contribution is 2.28. The van der Waals surface area contributed by atoms with Crippen LogP contribution in [0.1, 0.15) is 29.6 Å². The molecular weight excluding hydrogens is 274 g/mol. The normalized spacial score (nSPS) is 32.2. The van der Waals surface area contributed by atoms with Crippen molar-refractivity contribution in [2.75, 3.05) is 39.3 Å². The van der Waals surface area contributed by atoms with Crippen molar-refractivity contribution >= 4 is 5.91 Å². The Bertz CT molecular complexity index is 526. The average Bonchev–Trinajstić information content (AvgIpc) is 3.10. The number of carbonyl (C=O) groups is 1. The number of piperidine rings is 1. The number of amides is 1. The van der Waals surface area contributed by atoms with Crippen LogP contribution in [-0.2, 0) is 0 Å². The van der Waals surface area contributed by atoms with Crippen molar-refractivity contribution in [2.45, 2.75) is 31.3 Å². The van der Waals surface area contributed by atoms with Gasteiger partial charge in [-0.2, -0.15) is 0 Å². The fourth-order valence-electron chi connectivity index (χ4n) is 4.41. The van der Waals surface area contributed by atoms with Crippen molar-refractivity contribution in [3.05, 3.63) is 35.9 Å². The average molecular weight is 299 g/mol. The van der Waals surface area contributed by atoms with Crippen LogP contribution in [0.15, 0.2) is 30.3 Å². The molecule has 3 saturated heterocycles. The highest BCUT2D eigenvalue weighted by atomic mass is 16.2. The number of rotatable bonds is 2. The monoisotopic (exact) mass is 299 g/mol. The lowest BCUT2D eigenvalue weighted by molar-refractivity contribution is -0.0100. The molecule has 3 aliphatic heterocycles. The molecule has 4 heteroatoms. The lowest BCUT2D eigenvalue weighted by Crippen LogP contribution is -2.66. The van der Waals surface area contributed by atoms with Gasteiger partial charge in [0.05, 0.1) is 6.04 Å². The predicted octanol–water partition coefficient (Wildman–Crippen LogP) is 1.68. The largest absolute Gasteiger partial charge is 0.332 e. The van der Waals surface area contributed by atoms with Crippen LogP contribution in [0.25, 0.3) is 0 Å². The van der Waals surface area contributed by atoms with E-state index in [2.05, 4.69) is 14.7 Å². The molecule has 1 aromatic carbocycles. The molecule has 4 nitrogen and oxygen atoms in total. The van der Waals surface area contributed by atoms with Gasteiger partial charge >= 0.3 is 0 Å². The SMILES string of the molecule is O=C(c1ccccc1)N1CCN2CC[C@@H](N3CCCC3)[C@@H]1C2. The molecule has 0 spiro atoms. The van der Waals surface area contributed by atoms with Crippen molar-refractivity contribution in [1.82, 2.24) is 14.7 Å². The Labute approximate surface area is 132 Å². The van der Waals surface area contributed by atoms with Crippen LogP contribution >= 0.6 is 0 Å².